The van der Waals surface area contributed by atoms with Crippen LogP contribution in [0.25, 0.3) is 0 Å². The first-order chi connectivity index (χ1) is 7.22. The molecule has 82 valence electrons. The minimum atomic E-state index is 0.0301. The van der Waals surface area contributed by atoms with Crippen LogP contribution in [0.15, 0.2) is 0 Å². The Kier molecular flexibility index (Phi) is 2.88. The summed E-state index contributed by atoms with van der Waals surface area (Å²) < 4.78 is 4.96. The van der Waals surface area contributed by atoms with E-state index in [2.05, 4.69) is 4.98 Å². The Morgan fingerprint density at radius 2 is 2.47 bits per heavy atom. The maximum absolute atomic E-state index is 11.9. The molecule has 1 amide bonds. The number of carbonyl (C=O) groups excluding carboxylic acids is 1. The second-order valence-corrected chi connectivity index (χ2v) is 4.39. The average Bonchev–Trinajstić information content (AvgIpc) is 2.59. The van der Waals surface area contributed by atoms with Gasteiger partial charge in [-0.2, -0.15) is 0 Å². The summed E-state index contributed by atoms with van der Waals surface area (Å²) in [6, 6.07) is 0. The van der Waals surface area contributed by atoms with Crippen molar-refractivity contribution in [3.8, 4) is 0 Å². The van der Waals surface area contributed by atoms with Crippen LogP contribution in [0.4, 0.5) is 5.13 Å². The van der Waals surface area contributed by atoms with Crippen LogP contribution in [0, 0.1) is 0 Å². The number of fused-ring (bicyclic) bond motifs is 1. The van der Waals surface area contributed by atoms with Crippen LogP contribution in [-0.2, 0) is 11.2 Å². The van der Waals surface area contributed by atoms with Crippen molar-refractivity contribution in [3.63, 3.8) is 0 Å². The van der Waals surface area contributed by atoms with Crippen LogP contribution in [0.2, 0.25) is 0 Å². The van der Waals surface area contributed by atoms with Crippen molar-refractivity contribution in [1.82, 2.24) is 9.88 Å². The van der Waals surface area contributed by atoms with Gasteiger partial charge in [-0.3, -0.25) is 4.79 Å². The SMILES string of the molecule is COCCN1CCc2nc(N)sc2C1=O. The first-order valence-corrected chi connectivity index (χ1v) is 5.57. The molecular weight excluding hydrogens is 214 g/mol. The number of nitrogen functional groups attached to an aromatic ring is 1. The number of thiazole rings is 1. The van der Waals surface area contributed by atoms with E-state index in [-0.39, 0.29) is 5.91 Å². The van der Waals surface area contributed by atoms with E-state index in [0.717, 1.165) is 12.1 Å². The molecule has 2 rings (SSSR count). The molecule has 15 heavy (non-hydrogen) atoms. The Balaban J connectivity index is 2.14. The highest BCUT2D eigenvalue weighted by molar-refractivity contribution is 7.17. The zero-order valence-corrected chi connectivity index (χ0v) is 9.34. The van der Waals surface area contributed by atoms with Gasteiger partial charge in [0.2, 0.25) is 0 Å². The number of hydrogen-bond acceptors (Lipinski definition) is 5. The monoisotopic (exact) mass is 227 g/mol. The molecule has 5 nitrogen and oxygen atoms in total. The molecule has 1 aliphatic rings. The molecule has 6 heteroatoms. The topological polar surface area (TPSA) is 68.4 Å². The molecule has 0 saturated heterocycles. The fourth-order valence-electron chi connectivity index (χ4n) is 1.61. The Labute approximate surface area is 91.9 Å². The first kappa shape index (κ1) is 10.4. The highest BCUT2D eigenvalue weighted by Crippen LogP contribution is 2.26. The third-order valence-corrected chi connectivity index (χ3v) is 3.29. The van der Waals surface area contributed by atoms with Crippen LogP contribution in [0.5, 0.6) is 0 Å². The number of anilines is 1. The molecule has 0 spiro atoms. The Morgan fingerprint density at radius 3 is 3.20 bits per heavy atom. The number of carbonyl (C=O) groups is 1. The molecule has 0 bridgehead atoms. The van der Waals surface area contributed by atoms with Gasteiger partial charge in [0.1, 0.15) is 4.88 Å². The van der Waals surface area contributed by atoms with Gasteiger partial charge >= 0.3 is 0 Å². The molecule has 0 aliphatic carbocycles. The van der Waals surface area contributed by atoms with Gasteiger partial charge in [-0.1, -0.05) is 11.3 Å². The number of methoxy groups -OCH3 is 1. The molecule has 0 aromatic carbocycles. The van der Waals surface area contributed by atoms with Crippen molar-refractivity contribution in [1.29, 1.82) is 0 Å². The summed E-state index contributed by atoms with van der Waals surface area (Å²) in [5.74, 6) is 0.0301. The molecular formula is C9H13N3O2S. The lowest BCUT2D eigenvalue weighted by Crippen LogP contribution is -2.38. The quantitative estimate of drug-likeness (QED) is 0.810. The molecule has 0 unspecified atom stereocenters. The van der Waals surface area contributed by atoms with Crippen LogP contribution >= 0.6 is 11.3 Å². The van der Waals surface area contributed by atoms with Gasteiger partial charge in [-0.25, -0.2) is 4.98 Å². The molecule has 1 aromatic heterocycles. The maximum Gasteiger partial charge on any atom is 0.266 e. The zero-order valence-electron chi connectivity index (χ0n) is 8.52. The largest absolute Gasteiger partial charge is 0.383 e. The van der Waals surface area contributed by atoms with Gasteiger partial charge < -0.3 is 15.4 Å². The second kappa shape index (κ2) is 4.16. The van der Waals surface area contributed by atoms with Gasteiger partial charge in [0.25, 0.3) is 5.91 Å². The molecule has 2 N–H and O–H groups in total. The fourth-order valence-corrected chi connectivity index (χ4v) is 2.45. The maximum atomic E-state index is 11.9. The first-order valence-electron chi connectivity index (χ1n) is 4.75. The Morgan fingerprint density at radius 1 is 1.67 bits per heavy atom. The predicted molar refractivity (Wildman–Crippen MR) is 58.0 cm³/mol. The molecule has 1 aromatic rings. The number of ether oxygens (including phenoxy) is 1. The smallest absolute Gasteiger partial charge is 0.266 e. The van der Waals surface area contributed by atoms with Crippen LogP contribution in [0.3, 0.4) is 0 Å². The van der Waals surface area contributed by atoms with Crippen molar-refractivity contribution in [3.05, 3.63) is 10.6 Å². The van der Waals surface area contributed by atoms with Gasteiger partial charge in [0.15, 0.2) is 5.13 Å². The normalized spacial score (nSPS) is 15.5. The summed E-state index contributed by atoms with van der Waals surface area (Å²) in [4.78, 5) is 18.5. The van der Waals surface area contributed by atoms with Crippen molar-refractivity contribution in [2.45, 2.75) is 6.42 Å². The van der Waals surface area contributed by atoms with E-state index in [1.54, 1.807) is 12.0 Å². The number of aromatic nitrogens is 1. The van der Waals surface area contributed by atoms with E-state index >= 15 is 0 Å². The van der Waals surface area contributed by atoms with Gasteiger partial charge in [0.05, 0.1) is 12.3 Å². The minimum absolute atomic E-state index is 0.0301. The average molecular weight is 227 g/mol. The lowest BCUT2D eigenvalue weighted by atomic mass is 10.2. The number of nitrogens with two attached hydrogens (primary N) is 1. The van der Waals surface area contributed by atoms with E-state index in [1.807, 2.05) is 0 Å². The van der Waals surface area contributed by atoms with Crippen molar-refractivity contribution in [2.75, 3.05) is 32.5 Å². The summed E-state index contributed by atoms with van der Waals surface area (Å²) in [5.41, 5.74) is 6.42. The molecule has 0 saturated carbocycles. The third-order valence-electron chi connectivity index (χ3n) is 2.38. The zero-order chi connectivity index (χ0) is 10.8. The van der Waals surface area contributed by atoms with Crippen LogP contribution < -0.4 is 5.73 Å². The molecule has 1 aliphatic heterocycles. The molecule has 0 fully saturated rings. The summed E-state index contributed by atoms with van der Waals surface area (Å²) in [6.07, 6.45) is 0.790. The third kappa shape index (κ3) is 1.95. The number of nitrogens with zero attached hydrogens (tertiary/aromatic N) is 2. The van der Waals surface area contributed by atoms with Gasteiger partial charge in [-0.15, -0.1) is 0 Å². The Hall–Kier alpha value is -1.14. The van der Waals surface area contributed by atoms with E-state index in [1.165, 1.54) is 11.3 Å². The van der Waals surface area contributed by atoms with E-state index in [0.29, 0.717) is 29.7 Å². The summed E-state index contributed by atoms with van der Waals surface area (Å²) >= 11 is 1.27. The van der Waals surface area contributed by atoms with E-state index in [4.69, 9.17) is 10.5 Å². The lowest BCUT2D eigenvalue weighted by Gasteiger charge is -2.25. The standard InChI is InChI=1S/C9H13N3O2S/c1-14-5-4-12-3-2-6-7(8(12)13)15-9(10)11-6/h2-5H2,1H3,(H2,10,11). The van der Waals surface area contributed by atoms with Crippen molar-refractivity contribution >= 4 is 22.4 Å². The van der Waals surface area contributed by atoms with Crippen molar-refractivity contribution < 1.29 is 9.53 Å². The fraction of sp³-hybridized carbons (Fsp3) is 0.556. The van der Waals surface area contributed by atoms with Crippen LogP contribution in [0.1, 0.15) is 15.4 Å². The summed E-state index contributed by atoms with van der Waals surface area (Å²) in [5, 5.41) is 0.474. The predicted octanol–water partition coefficient (Wildman–Crippen LogP) is 0.370. The highest BCUT2D eigenvalue weighted by Gasteiger charge is 2.27. The minimum Gasteiger partial charge on any atom is -0.383 e. The van der Waals surface area contributed by atoms with Gasteiger partial charge in [-0.05, 0) is 0 Å². The van der Waals surface area contributed by atoms with E-state index in [9.17, 15) is 4.79 Å². The molecule has 0 atom stereocenters. The molecule has 0 radical (unpaired) electrons. The van der Waals surface area contributed by atoms with Gasteiger partial charge in [0, 0.05) is 26.6 Å². The summed E-state index contributed by atoms with van der Waals surface area (Å²) in [7, 11) is 1.63. The van der Waals surface area contributed by atoms with Crippen LogP contribution in [-0.4, -0.2) is 42.6 Å². The lowest BCUT2D eigenvalue weighted by molar-refractivity contribution is 0.0683. The summed E-state index contributed by atoms with van der Waals surface area (Å²) in [6.45, 7) is 1.90. The Bertz CT molecular complexity index is 377. The molecule has 2 heterocycles. The van der Waals surface area contributed by atoms with Crippen molar-refractivity contribution in [2.24, 2.45) is 0 Å². The number of rotatable bonds is 3. The second-order valence-electron chi connectivity index (χ2n) is 3.36. The van der Waals surface area contributed by atoms with E-state index < -0.39 is 0 Å². The highest BCUT2D eigenvalue weighted by atomic mass is 32.1. The number of hydrogen-bond donors (Lipinski definition) is 1. The number of amides is 1.